The Kier molecular flexibility index (Phi) is 3.74. The van der Waals surface area contributed by atoms with Crippen molar-refractivity contribution in [2.24, 2.45) is 0 Å². The van der Waals surface area contributed by atoms with Gasteiger partial charge in [0.2, 0.25) is 5.82 Å². The molecule has 0 radical (unpaired) electrons. The van der Waals surface area contributed by atoms with E-state index in [4.69, 9.17) is 4.52 Å². The van der Waals surface area contributed by atoms with Crippen LogP contribution in [0.1, 0.15) is 12.3 Å². The van der Waals surface area contributed by atoms with E-state index < -0.39 is 4.92 Å². The highest BCUT2D eigenvalue weighted by Crippen LogP contribution is 2.21. The number of hydrogen-bond donors (Lipinski definition) is 1. The predicted octanol–water partition coefficient (Wildman–Crippen LogP) is 0.990. The van der Waals surface area contributed by atoms with Gasteiger partial charge in [-0.25, -0.2) is 0 Å². The highest BCUT2D eigenvalue weighted by atomic mass is 16.6. The lowest BCUT2D eigenvalue weighted by Gasteiger charge is -2.17. The molecule has 0 amide bonds. The topological polar surface area (TPSA) is 86.5 Å². The molecule has 1 N–H and O–H groups in total. The average molecular weight is 287 g/mol. The van der Waals surface area contributed by atoms with Gasteiger partial charge in [0.25, 0.3) is 11.6 Å². The summed E-state index contributed by atoms with van der Waals surface area (Å²) in [7, 11) is 0. The molecule has 7 heteroatoms. The maximum atomic E-state index is 10.8. The molecule has 0 fully saturated rings. The van der Waals surface area contributed by atoms with Crippen LogP contribution in [0, 0.1) is 10.1 Å². The predicted molar refractivity (Wildman–Crippen MR) is 74.5 cm³/mol. The minimum Gasteiger partial charge on any atom is -0.333 e. The van der Waals surface area contributed by atoms with Crippen molar-refractivity contribution in [1.29, 1.82) is 0 Å². The summed E-state index contributed by atoms with van der Waals surface area (Å²) in [5.41, 5.74) is 0.610. The van der Waals surface area contributed by atoms with Gasteiger partial charge in [0.05, 0.1) is 18.0 Å². The van der Waals surface area contributed by atoms with Gasteiger partial charge in [-0.3, -0.25) is 10.1 Å². The third-order valence-corrected chi connectivity index (χ3v) is 3.42. The Morgan fingerprint density at radius 2 is 2.29 bits per heavy atom. The molecule has 3 rings (SSSR count). The average Bonchev–Trinajstić information content (AvgIpc) is 2.97. The van der Waals surface area contributed by atoms with Gasteiger partial charge in [-0.15, -0.1) is 0 Å². The molecule has 1 aromatic carbocycles. The third kappa shape index (κ3) is 3.14. The SMILES string of the molecule is O=[N+]([O-])c1cccc(-c2noc(C[NH+]3CC=CCC3)n2)c1. The van der Waals surface area contributed by atoms with Gasteiger partial charge in [-0.1, -0.05) is 23.4 Å². The van der Waals surface area contributed by atoms with Crippen molar-refractivity contribution in [1.82, 2.24) is 10.1 Å². The number of non-ortho nitro benzene ring substituents is 1. The van der Waals surface area contributed by atoms with Crippen LogP contribution < -0.4 is 4.90 Å². The minimum absolute atomic E-state index is 0.0191. The smallest absolute Gasteiger partial charge is 0.282 e. The van der Waals surface area contributed by atoms with Crippen LogP contribution in [-0.2, 0) is 6.54 Å². The molecular formula is C14H15N4O3+. The number of nitro benzene ring substituents is 1. The zero-order valence-corrected chi connectivity index (χ0v) is 11.4. The number of rotatable bonds is 4. The van der Waals surface area contributed by atoms with Crippen LogP contribution in [0.25, 0.3) is 11.4 Å². The highest BCUT2D eigenvalue weighted by molar-refractivity contribution is 5.58. The first-order valence-corrected chi connectivity index (χ1v) is 6.78. The second-order valence-electron chi connectivity index (χ2n) is 4.96. The third-order valence-electron chi connectivity index (χ3n) is 3.42. The van der Waals surface area contributed by atoms with Crippen LogP contribution in [-0.4, -0.2) is 28.2 Å². The van der Waals surface area contributed by atoms with Crippen LogP contribution in [0.5, 0.6) is 0 Å². The van der Waals surface area contributed by atoms with Crippen molar-refractivity contribution < 1.29 is 14.3 Å². The van der Waals surface area contributed by atoms with E-state index in [-0.39, 0.29) is 5.69 Å². The van der Waals surface area contributed by atoms with Gasteiger partial charge in [0.15, 0.2) is 6.54 Å². The van der Waals surface area contributed by atoms with Gasteiger partial charge in [-0.05, 0) is 6.08 Å². The highest BCUT2D eigenvalue weighted by Gasteiger charge is 2.17. The Balaban J connectivity index is 1.76. The molecule has 1 aliphatic rings. The maximum absolute atomic E-state index is 10.8. The van der Waals surface area contributed by atoms with Crippen molar-refractivity contribution in [3.63, 3.8) is 0 Å². The van der Waals surface area contributed by atoms with Crippen molar-refractivity contribution >= 4 is 5.69 Å². The van der Waals surface area contributed by atoms with E-state index in [1.54, 1.807) is 12.1 Å². The molecule has 1 aromatic heterocycles. The Labute approximate surface area is 121 Å². The van der Waals surface area contributed by atoms with Gasteiger partial charge >= 0.3 is 0 Å². The van der Waals surface area contributed by atoms with Gasteiger partial charge in [0.1, 0.15) is 0 Å². The fourth-order valence-corrected chi connectivity index (χ4v) is 2.33. The molecule has 1 atom stereocenters. The van der Waals surface area contributed by atoms with E-state index in [0.717, 1.165) is 19.5 Å². The van der Waals surface area contributed by atoms with Crippen LogP contribution in [0.2, 0.25) is 0 Å². The standard InChI is InChI=1S/C14H14N4O3/c19-18(20)12-6-4-5-11(9-12)14-15-13(21-16-14)10-17-7-2-1-3-8-17/h1-2,4-6,9H,3,7-8,10H2/p+1. The molecule has 2 aromatic rings. The Morgan fingerprint density at radius 3 is 3.05 bits per heavy atom. The summed E-state index contributed by atoms with van der Waals surface area (Å²) in [6.45, 7) is 2.67. The van der Waals surface area contributed by atoms with E-state index in [2.05, 4.69) is 22.3 Å². The first kappa shape index (κ1) is 13.4. The molecule has 0 aliphatic carbocycles. The summed E-state index contributed by atoms with van der Waals surface area (Å²) < 4.78 is 5.25. The monoisotopic (exact) mass is 287 g/mol. The Morgan fingerprint density at radius 1 is 1.38 bits per heavy atom. The zero-order chi connectivity index (χ0) is 14.7. The molecule has 1 aliphatic heterocycles. The summed E-state index contributed by atoms with van der Waals surface area (Å²) >= 11 is 0. The van der Waals surface area contributed by atoms with E-state index in [9.17, 15) is 10.1 Å². The largest absolute Gasteiger partial charge is 0.333 e. The van der Waals surface area contributed by atoms with Crippen molar-refractivity contribution in [3.8, 4) is 11.4 Å². The van der Waals surface area contributed by atoms with E-state index in [1.165, 1.54) is 17.0 Å². The number of nitro groups is 1. The lowest BCUT2D eigenvalue weighted by molar-refractivity contribution is -0.910. The lowest BCUT2D eigenvalue weighted by atomic mass is 10.2. The second-order valence-corrected chi connectivity index (χ2v) is 4.96. The fraction of sp³-hybridized carbons (Fsp3) is 0.286. The number of aromatic nitrogens is 2. The van der Waals surface area contributed by atoms with Gasteiger partial charge < -0.3 is 9.42 Å². The lowest BCUT2D eigenvalue weighted by Crippen LogP contribution is -3.11. The Bertz CT molecular complexity index is 680. The van der Waals surface area contributed by atoms with E-state index in [1.807, 2.05) is 0 Å². The number of nitrogens with one attached hydrogen (secondary N) is 1. The molecule has 0 spiro atoms. The fourth-order valence-electron chi connectivity index (χ4n) is 2.33. The molecule has 108 valence electrons. The summed E-state index contributed by atoms with van der Waals surface area (Å²) in [6, 6.07) is 6.24. The first-order valence-electron chi connectivity index (χ1n) is 6.78. The summed E-state index contributed by atoms with van der Waals surface area (Å²) in [5, 5.41) is 14.7. The second kappa shape index (κ2) is 5.84. The van der Waals surface area contributed by atoms with Crippen LogP contribution >= 0.6 is 0 Å². The number of hydrogen-bond acceptors (Lipinski definition) is 5. The van der Waals surface area contributed by atoms with Crippen molar-refractivity contribution in [2.45, 2.75) is 13.0 Å². The summed E-state index contributed by atoms with van der Waals surface area (Å²) in [4.78, 5) is 16.0. The summed E-state index contributed by atoms with van der Waals surface area (Å²) in [6.07, 6.45) is 5.38. The maximum Gasteiger partial charge on any atom is 0.282 e. The minimum atomic E-state index is -0.436. The molecule has 0 saturated heterocycles. The molecule has 0 saturated carbocycles. The van der Waals surface area contributed by atoms with Gasteiger partial charge in [0, 0.05) is 24.1 Å². The van der Waals surface area contributed by atoms with E-state index in [0.29, 0.717) is 23.8 Å². The number of quaternary nitrogens is 1. The van der Waals surface area contributed by atoms with E-state index >= 15 is 0 Å². The summed E-state index contributed by atoms with van der Waals surface area (Å²) in [5.74, 6) is 0.947. The van der Waals surface area contributed by atoms with Gasteiger partial charge in [-0.2, -0.15) is 4.98 Å². The molecular weight excluding hydrogens is 272 g/mol. The van der Waals surface area contributed by atoms with Crippen LogP contribution in [0.15, 0.2) is 40.9 Å². The number of nitrogens with zero attached hydrogens (tertiary/aromatic N) is 3. The zero-order valence-electron chi connectivity index (χ0n) is 11.4. The van der Waals surface area contributed by atoms with Crippen molar-refractivity contribution in [2.75, 3.05) is 13.1 Å². The Hall–Kier alpha value is -2.54. The quantitative estimate of drug-likeness (QED) is 0.515. The normalized spacial score (nSPS) is 17.8. The molecule has 2 heterocycles. The molecule has 0 bridgehead atoms. The molecule has 7 nitrogen and oxygen atoms in total. The van der Waals surface area contributed by atoms with Crippen molar-refractivity contribution in [3.05, 3.63) is 52.4 Å². The van der Waals surface area contributed by atoms with Crippen LogP contribution in [0.3, 0.4) is 0 Å². The number of benzene rings is 1. The van der Waals surface area contributed by atoms with Crippen LogP contribution in [0.4, 0.5) is 5.69 Å². The molecule has 1 unspecified atom stereocenters. The first-order chi connectivity index (χ1) is 10.2. The molecule has 21 heavy (non-hydrogen) atoms.